The predicted molar refractivity (Wildman–Crippen MR) is 61.7 cm³/mol. The van der Waals surface area contributed by atoms with E-state index in [0.717, 1.165) is 18.2 Å². The lowest BCUT2D eigenvalue weighted by Gasteiger charge is -2.17. The zero-order valence-electron chi connectivity index (χ0n) is 9.41. The molecule has 0 heterocycles. The van der Waals surface area contributed by atoms with Crippen LogP contribution in [0, 0.1) is 0 Å². The number of alkyl halides is 4. The second kappa shape index (κ2) is 5.21. The van der Waals surface area contributed by atoms with Crippen LogP contribution in [0.25, 0.3) is 0 Å². The number of nitrogens with one attached hydrogen (secondary N) is 1. The van der Waals surface area contributed by atoms with Gasteiger partial charge in [0, 0.05) is 0 Å². The zero-order valence-corrected chi connectivity index (χ0v) is 10.2. The molecule has 0 saturated carbocycles. The Labute approximate surface area is 106 Å². The van der Waals surface area contributed by atoms with Crippen LogP contribution >= 0.6 is 0 Å². The predicted octanol–water partition coefficient (Wildman–Crippen LogP) is 1.23. The molecule has 0 radical (unpaired) electrons. The highest BCUT2D eigenvalue weighted by Gasteiger charge is 2.40. The van der Waals surface area contributed by atoms with Crippen molar-refractivity contribution in [2.45, 2.75) is 17.2 Å². The molecule has 108 valence electrons. The molecule has 5 N–H and O–H groups in total. The van der Waals surface area contributed by atoms with Crippen LogP contribution in [0.3, 0.4) is 0 Å². The van der Waals surface area contributed by atoms with E-state index >= 15 is 0 Å². The van der Waals surface area contributed by atoms with E-state index in [0.29, 0.717) is 0 Å². The van der Waals surface area contributed by atoms with Gasteiger partial charge in [-0.15, -0.1) is 0 Å². The topological polar surface area (TPSA) is 98.2 Å². The van der Waals surface area contributed by atoms with Crippen molar-refractivity contribution in [1.29, 1.82) is 0 Å². The molecule has 0 aliphatic heterocycles. The van der Waals surface area contributed by atoms with Gasteiger partial charge in [-0.05, 0) is 18.2 Å². The third-order valence-corrected chi connectivity index (χ3v) is 3.10. The molecule has 5 nitrogen and oxygen atoms in total. The molecule has 0 aromatic heterocycles. The molecule has 0 bridgehead atoms. The van der Waals surface area contributed by atoms with Crippen molar-refractivity contribution in [2.75, 3.05) is 17.6 Å². The van der Waals surface area contributed by atoms with Crippen molar-refractivity contribution in [2.24, 2.45) is 5.14 Å². The van der Waals surface area contributed by atoms with Gasteiger partial charge in [-0.2, -0.15) is 8.78 Å². The van der Waals surface area contributed by atoms with Gasteiger partial charge >= 0.3 is 12.3 Å². The Hall–Kier alpha value is -1.55. The van der Waals surface area contributed by atoms with E-state index in [9.17, 15) is 26.0 Å². The quantitative estimate of drug-likeness (QED) is 0.562. The summed E-state index contributed by atoms with van der Waals surface area (Å²) in [7, 11) is -3.97. The molecule has 0 fully saturated rings. The van der Waals surface area contributed by atoms with Crippen LogP contribution in [0.15, 0.2) is 23.1 Å². The first-order chi connectivity index (χ1) is 8.54. The highest BCUT2D eigenvalue weighted by molar-refractivity contribution is 7.89. The number of hydrogen-bond acceptors (Lipinski definition) is 4. The Balaban J connectivity index is 2.88. The zero-order chi connectivity index (χ0) is 14.8. The molecular formula is C9H11F4N3O2S. The average Bonchev–Trinajstić information content (AvgIpc) is 2.25. The van der Waals surface area contributed by atoms with Crippen LogP contribution in [0.5, 0.6) is 0 Å². The van der Waals surface area contributed by atoms with Gasteiger partial charge in [-0.25, -0.2) is 22.3 Å². The Bertz CT molecular complexity index is 563. The molecule has 1 aromatic rings. The van der Waals surface area contributed by atoms with Gasteiger partial charge < -0.3 is 11.1 Å². The van der Waals surface area contributed by atoms with Crippen LogP contribution in [-0.2, 0) is 10.0 Å². The lowest BCUT2D eigenvalue weighted by atomic mass is 10.2. The van der Waals surface area contributed by atoms with Crippen LogP contribution in [0.4, 0.5) is 28.9 Å². The second-order valence-corrected chi connectivity index (χ2v) is 5.27. The van der Waals surface area contributed by atoms with E-state index in [4.69, 9.17) is 10.9 Å². The molecule has 1 rings (SSSR count). The smallest absolute Gasteiger partial charge is 0.324 e. The number of anilines is 2. The minimum Gasteiger partial charge on any atom is -0.397 e. The highest BCUT2D eigenvalue weighted by Crippen LogP contribution is 2.26. The summed E-state index contributed by atoms with van der Waals surface area (Å²) >= 11 is 0. The van der Waals surface area contributed by atoms with Crippen LogP contribution in [-0.4, -0.2) is 27.3 Å². The van der Waals surface area contributed by atoms with Crippen molar-refractivity contribution >= 4 is 21.4 Å². The standard InChI is InChI=1S/C9H11F4N3O2S/c10-8(11)9(12,13)4-16-7-2-1-5(3-6(7)14)19(15,17)18/h1-3,8,16H,4,14H2,(H2,15,17,18). The van der Waals surface area contributed by atoms with Crippen LogP contribution in [0.1, 0.15) is 0 Å². The van der Waals surface area contributed by atoms with E-state index < -0.39 is 28.9 Å². The van der Waals surface area contributed by atoms with E-state index in [1.54, 1.807) is 0 Å². The van der Waals surface area contributed by atoms with E-state index in [1.165, 1.54) is 0 Å². The van der Waals surface area contributed by atoms with Crippen molar-refractivity contribution in [3.05, 3.63) is 18.2 Å². The first-order valence-corrected chi connectivity index (χ1v) is 6.41. The van der Waals surface area contributed by atoms with Crippen LogP contribution < -0.4 is 16.2 Å². The van der Waals surface area contributed by atoms with E-state index in [2.05, 4.69) is 0 Å². The third kappa shape index (κ3) is 3.96. The molecular weight excluding hydrogens is 290 g/mol. The number of nitrogens with two attached hydrogens (primary N) is 2. The Morgan fingerprint density at radius 1 is 1.32 bits per heavy atom. The van der Waals surface area contributed by atoms with Crippen molar-refractivity contribution in [1.82, 2.24) is 0 Å². The first kappa shape index (κ1) is 15.5. The summed E-state index contributed by atoms with van der Waals surface area (Å²) in [6, 6.07) is 3.03. The fraction of sp³-hybridized carbons (Fsp3) is 0.333. The molecule has 19 heavy (non-hydrogen) atoms. The SMILES string of the molecule is Nc1cc(S(N)(=O)=O)ccc1NCC(F)(F)C(F)F. The molecule has 0 amide bonds. The summed E-state index contributed by atoms with van der Waals surface area (Å²) in [5.74, 6) is -4.22. The number of hydrogen-bond donors (Lipinski definition) is 3. The average molecular weight is 301 g/mol. The van der Waals surface area contributed by atoms with Gasteiger partial charge in [0.25, 0.3) is 0 Å². The highest BCUT2D eigenvalue weighted by atomic mass is 32.2. The Kier molecular flexibility index (Phi) is 4.25. The van der Waals surface area contributed by atoms with Crippen LogP contribution in [0.2, 0.25) is 0 Å². The number of halogens is 4. The van der Waals surface area contributed by atoms with Gasteiger partial charge in [0.15, 0.2) is 0 Å². The van der Waals surface area contributed by atoms with E-state index in [-0.39, 0.29) is 16.3 Å². The maximum atomic E-state index is 12.7. The van der Waals surface area contributed by atoms with Crippen molar-refractivity contribution in [3.8, 4) is 0 Å². The molecule has 0 aliphatic rings. The largest absolute Gasteiger partial charge is 0.397 e. The lowest BCUT2D eigenvalue weighted by Crippen LogP contribution is -2.35. The first-order valence-electron chi connectivity index (χ1n) is 4.86. The normalized spacial score (nSPS) is 12.7. The molecule has 10 heteroatoms. The van der Waals surface area contributed by atoms with Crippen molar-refractivity contribution < 1.29 is 26.0 Å². The van der Waals surface area contributed by atoms with Gasteiger partial charge in [-0.3, -0.25) is 0 Å². The summed E-state index contributed by atoms with van der Waals surface area (Å²) in [6.45, 7) is -1.33. The summed E-state index contributed by atoms with van der Waals surface area (Å²) < 4.78 is 71.1. The Morgan fingerprint density at radius 3 is 2.32 bits per heavy atom. The minimum absolute atomic E-state index is 0.0901. The van der Waals surface area contributed by atoms with Crippen molar-refractivity contribution in [3.63, 3.8) is 0 Å². The molecule has 0 atom stereocenters. The third-order valence-electron chi connectivity index (χ3n) is 2.19. The molecule has 1 aromatic carbocycles. The van der Waals surface area contributed by atoms with Gasteiger partial charge in [0.05, 0.1) is 22.8 Å². The molecule has 0 unspecified atom stereocenters. The van der Waals surface area contributed by atoms with Gasteiger partial charge in [0.2, 0.25) is 10.0 Å². The lowest BCUT2D eigenvalue weighted by molar-refractivity contribution is -0.117. The summed E-state index contributed by atoms with van der Waals surface area (Å²) in [5.41, 5.74) is 5.12. The van der Waals surface area contributed by atoms with E-state index in [1.807, 2.05) is 5.32 Å². The molecule has 0 saturated heterocycles. The summed E-state index contributed by atoms with van der Waals surface area (Å²) in [5, 5.41) is 6.86. The molecule has 0 spiro atoms. The number of rotatable bonds is 5. The number of benzene rings is 1. The summed E-state index contributed by atoms with van der Waals surface area (Å²) in [4.78, 5) is -0.309. The van der Waals surface area contributed by atoms with Gasteiger partial charge in [0.1, 0.15) is 0 Å². The minimum atomic E-state index is -4.22. The fourth-order valence-corrected chi connectivity index (χ4v) is 1.72. The number of sulfonamides is 1. The maximum Gasteiger partial charge on any atom is 0.324 e. The summed E-state index contributed by atoms with van der Waals surface area (Å²) in [6.07, 6.45) is -3.81. The Morgan fingerprint density at radius 2 is 1.89 bits per heavy atom. The maximum absolute atomic E-state index is 12.7. The number of nitrogen functional groups attached to an aromatic ring is 1. The molecule has 0 aliphatic carbocycles. The second-order valence-electron chi connectivity index (χ2n) is 3.71. The van der Waals surface area contributed by atoms with Gasteiger partial charge in [-0.1, -0.05) is 0 Å². The number of primary sulfonamides is 1. The monoisotopic (exact) mass is 301 g/mol. The fourth-order valence-electron chi connectivity index (χ4n) is 1.17.